The Balaban J connectivity index is 1.45. The molecule has 0 spiro atoms. The van der Waals surface area contributed by atoms with Gasteiger partial charge in [0.05, 0.1) is 12.1 Å². The summed E-state index contributed by atoms with van der Waals surface area (Å²) in [5, 5.41) is 11.9. The normalized spacial score (nSPS) is 10.7. The first-order valence-corrected chi connectivity index (χ1v) is 8.38. The fourth-order valence-electron chi connectivity index (χ4n) is 2.60. The van der Waals surface area contributed by atoms with Crippen LogP contribution in [-0.4, -0.2) is 30.2 Å². The smallest absolute Gasteiger partial charge is 0.213 e. The van der Waals surface area contributed by atoms with Crippen molar-refractivity contribution >= 4 is 5.82 Å². The van der Waals surface area contributed by atoms with E-state index in [0.717, 1.165) is 11.1 Å². The number of rotatable bonds is 6. The molecule has 0 aliphatic carbocycles. The molecule has 2 N–H and O–H groups in total. The molecule has 8 heteroatoms. The summed E-state index contributed by atoms with van der Waals surface area (Å²) >= 11 is 0. The highest BCUT2D eigenvalue weighted by molar-refractivity contribution is 5.67. The molecule has 0 amide bonds. The lowest BCUT2D eigenvalue weighted by atomic mass is 10.2. The summed E-state index contributed by atoms with van der Waals surface area (Å²) in [7, 11) is 0. The molecular formula is C19H17N7O. The maximum absolute atomic E-state index is 5.93. The first-order valence-electron chi connectivity index (χ1n) is 8.38. The summed E-state index contributed by atoms with van der Waals surface area (Å²) in [6.45, 7) is 0.938. The zero-order valence-corrected chi connectivity index (χ0v) is 14.4. The predicted octanol–water partition coefficient (Wildman–Crippen LogP) is 2.34. The summed E-state index contributed by atoms with van der Waals surface area (Å²) in [5.41, 5.74) is 8.66. The van der Waals surface area contributed by atoms with Crippen LogP contribution in [0.4, 0.5) is 5.82 Å². The van der Waals surface area contributed by atoms with Crippen LogP contribution in [0.15, 0.2) is 67.0 Å². The van der Waals surface area contributed by atoms with Crippen molar-refractivity contribution in [3.05, 3.63) is 78.1 Å². The lowest BCUT2D eigenvalue weighted by Crippen LogP contribution is -2.06. The molecular weight excluding hydrogens is 342 g/mol. The minimum Gasteiger partial charge on any atom is -0.473 e. The van der Waals surface area contributed by atoms with Gasteiger partial charge in [0.15, 0.2) is 5.82 Å². The molecule has 4 aromatic rings. The van der Waals surface area contributed by atoms with Gasteiger partial charge in [-0.15, -0.1) is 5.10 Å². The lowest BCUT2D eigenvalue weighted by Gasteiger charge is -2.08. The maximum Gasteiger partial charge on any atom is 0.213 e. The summed E-state index contributed by atoms with van der Waals surface area (Å²) in [4.78, 5) is 8.43. The Morgan fingerprint density at radius 1 is 0.926 bits per heavy atom. The quantitative estimate of drug-likeness (QED) is 0.563. The summed E-state index contributed by atoms with van der Waals surface area (Å²) in [6.07, 6.45) is 3.38. The van der Waals surface area contributed by atoms with E-state index in [4.69, 9.17) is 10.5 Å². The standard InChI is InChI=1S/C19H17N7O/c20-18-16(7-4-10-21-18)19-23-24-25-26(19)12-15-8-9-17(22-11-15)27-13-14-5-2-1-3-6-14/h1-11H,12-13H2,(H2,20,21). The van der Waals surface area contributed by atoms with Crippen LogP contribution in [0.1, 0.15) is 11.1 Å². The zero-order chi connectivity index (χ0) is 18.5. The summed E-state index contributed by atoms with van der Waals surface area (Å²) < 4.78 is 7.37. The molecule has 134 valence electrons. The van der Waals surface area contributed by atoms with Crippen molar-refractivity contribution < 1.29 is 4.74 Å². The third-order valence-electron chi connectivity index (χ3n) is 3.97. The third-order valence-corrected chi connectivity index (χ3v) is 3.97. The van der Waals surface area contributed by atoms with Gasteiger partial charge in [-0.3, -0.25) is 0 Å². The number of anilines is 1. The Hall–Kier alpha value is -3.81. The first kappa shape index (κ1) is 16.6. The van der Waals surface area contributed by atoms with Crippen molar-refractivity contribution in [3.63, 3.8) is 0 Å². The Morgan fingerprint density at radius 3 is 2.59 bits per heavy atom. The van der Waals surface area contributed by atoms with E-state index in [1.165, 1.54) is 0 Å². The van der Waals surface area contributed by atoms with Crippen LogP contribution in [0, 0.1) is 0 Å². The molecule has 0 unspecified atom stereocenters. The fourth-order valence-corrected chi connectivity index (χ4v) is 2.60. The molecule has 3 aromatic heterocycles. The number of hydrogen-bond donors (Lipinski definition) is 1. The average Bonchev–Trinajstić information content (AvgIpc) is 3.16. The number of aromatic nitrogens is 6. The Morgan fingerprint density at radius 2 is 1.81 bits per heavy atom. The maximum atomic E-state index is 5.93. The zero-order valence-electron chi connectivity index (χ0n) is 14.4. The Bertz CT molecular complexity index is 1020. The monoisotopic (exact) mass is 359 g/mol. The minimum atomic E-state index is 0.385. The second-order valence-corrected chi connectivity index (χ2v) is 5.88. The van der Waals surface area contributed by atoms with Crippen molar-refractivity contribution in [2.75, 3.05) is 5.73 Å². The number of pyridine rings is 2. The topological polar surface area (TPSA) is 105 Å². The number of nitrogen functional groups attached to an aromatic ring is 1. The van der Waals surface area contributed by atoms with Gasteiger partial charge in [-0.05, 0) is 33.7 Å². The summed E-state index contributed by atoms with van der Waals surface area (Å²) in [6, 6.07) is 17.4. The van der Waals surface area contributed by atoms with Gasteiger partial charge in [0.1, 0.15) is 12.4 Å². The van der Waals surface area contributed by atoms with E-state index in [2.05, 4.69) is 25.5 Å². The molecule has 1 aromatic carbocycles. The lowest BCUT2D eigenvalue weighted by molar-refractivity contribution is 0.293. The average molecular weight is 359 g/mol. The van der Waals surface area contributed by atoms with Crippen molar-refractivity contribution in [1.29, 1.82) is 0 Å². The van der Waals surface area contributed by atoms with Crippen LogP contribution >= 0.6 is 0 Å². The number of nitrogens with zero attached hydrogens (tertiary/aromatic N) is 6. The summed E-state index contributed by atoms with van der Waals surface area (Å²) in [5.74, 6) is 1.51. The van der Waals surface area contributed by atoms with Crippen LogP contribution in [0.5, 0.6) is 5.88 Å². The molecule has 3 heterocycles. The third kappa shape index (κ3) is 3.90. The van der Waals surface area contributed by atoms with E-state index in [9.17, 15) is 0 Å². The van der Waals surface area contributed by atoms with Crippen LogP contribution in [0.3, 0.4) is 0 Å². The second kappa shape index (κ2) is 7.61. The Kier molecular flexibility index (Phi) is 4.69. The predicted molar refractivity (Wildman–Crippen MR) is 99.6 cm³/mol. The van der Waals surface area contributed by atoms with Gasteiger partial charge in [0.25, 0.3) is 0 Å². The molecule has 0 bridgehead atoms. The van der Waals surface area contributed by atoms with E-state index in [-0.39, 0.29) is 0 Å². The van der Waals surface area contributed by atoms with Crippen molar-refractivity contribution in [1.82, 2.24) is 30.2 Å². The van der Waals surface area contributed by atoms with E-state index in [1.54, 1.807) is 23.1 Å². The molecule has 0 saturated heterocycles. The van der Waals surface area contributed by atoms with Gasteiger partial charge in [-0.2, -0.15) is 0 Å². The van der Waals surface area contributed by atoms with Crippen LogP contribution < -0.4 is 10.5 Å². The van der Waals surface area contributed by atoms with E-state index >= 15 is 0 Å². The molecule has 0 saturated carbocycles. The highest BCUT2D eigenvalue weighted by atomic mass is 16.5. The second-order valence-electron chi connectivity index (χ2n) is 5.88. The van der Waals surface area contributed by atoms with E-state index < -0.39 is 0 Å². The van der Waals surface area contributed by atoms with Crippen molar-refractivity contribution in [2.24, 2.45) is 0 Å². The number of ether oxygens (including phenoxy) is 1. The van der Waals surface area contributed by atoms with Crippen molar-refractivity contribution in [3.8, 4) is 17.3 Å². The number of hydrogen-bond acceptors (Lipinski definition) is 7. The largest absolute Gasteiger partial charge is 0.473 e. The van der Waals surface area contributed by atoms with Crippen LogP contribution in [-0.2, 0) is 13.2 Å². The number of benzene rings is 1. The molecule has 27 heavy (non-hydrogen) atoms. The first-order chi connectivity index (χ1) is 13.3. The van der Waals surface area contributed by atoms with Gasteiger partial charge in [0.2, 0.25) is 5.88 Å². The SMILES string of the molecule is Nc1ncccc1-c1nnnn1Cc1ccc(OCc2ccccc2)nc1. The van der Waals surface area contributed by atoms with Crippen LogP contribution in [0.2, 0.25) is 0 Å². The Labute approximate surface area is 155 Å². The van der Waals surface area contributed by atoms with Gasteiger partial charge in [-0.1, -0.05) is 36.4 Å². The number of tetrazole rings is 1. The highest BCUT2D eigenvalue weighted by Gasteiger charge is 2.13. The number of nitrogens with two attached hydrogens (primary N) is 1. The molecule has 0 aliphatic heterocycles. The van der Waals surface area contributed by atoms with E-state index in [1.807, 2.05) is 48.5 Å². The highest BCUT2D eigenvalue weighted by Crippen LogP contribution is 2.21. The van der Waals surface area contributed by atoms with Gasteiger partial charge in [0, 0.05) is 18.5 Å². The molecule has 0 fully saturated rings. The molecule has 8 nitrogen and oxygen atoms in total. The van der Waals surface area contributed by atoms with Gasteiger partial charge in [-0.25, -0.2) is 14.6 Å². The molecule has 0 atom stereocenters. The van der Waals surface area contributed by atoms with Gasteiger partial charge < -0.3 is 10.5 Å². The van der Waals surface area contributed by atoms with E-state index in [0.29, 0.717) is 36.2 Å². The van der Waals surface area contributed by atoms with Crippen LogP contribution in [0.25, 0.3) is 11.4 Å². The molecule has 4 rings (SSSR count). The molecule has 0 aliphatic rings. The fraction of sp³-hybridized carbons (Fsp3) is 0.105. The van der Waals surface area contributed by atoms with Gasteiger partial charge >= 0.3 is 0 Å². The van der Waals surface area contributed by atoms with Crippen molar-refractivity contribution in [2.45, 2.75) is 13.2 Å². The molecule has 0 radical (unpaired) electrons. The minimum absolute atomic E-state index is 0.385.